The third-order valence-electron chi connectivity index (χ3n) is 7.87. The van der Waals surface area contributed by atoms with E-state index in [2.05, 4.69) is 21.4 Å². The summed E-state index contributed by atoms with van der Waals surface area (Å²) in [7, 11) is -3.41. The summed E-state index contributed by atoms with van der Waals surface area (Å²) in [6, 6.07) is 21.7. The van der Waals surface area contributed by atoms with Gasteiger partial charge < -0.3 is 15.5 Å². The van der Waals surface area contributed by atoms with E-state index in [9.17, 15) is 18.0 Å². The molecule has 0 spiro atoms. The molecule has 2 heterocycles. The number of amides is 2. The zero-order valence-corrected chi connectivity index (χ0v) is 24.5. The van der Waals surface area contributed by atoms with Crippen molar-refractivity contribution >= 4 is 39.1 Å². The molecule has 10 heteroatoms. The highest BCUT2D eigenvalue weighted by Gasteiger charge is 2.33. The highest BCUT2D eigenvalue weighted by atomic mass is 35.5. The van der Waals surface area contributed by atoms with Gasteiger partial charge in [0.1, 0.15) is 6.04 Å². The molecule has 1 fully saturated rings. The van der Waals surface area contributed by atoms with E-state index < -0.39 is 22.1 Å². The highest BCUT2D eigenvalue weighted by molar-refractivity contribution is 7.92. The van der Waals surface area contributed by atoms with Gasteiger partial charge in [-0.05, 0) is 65.6 Å². The van der Waals surface area contributed by atoms with Crippen LogP contribution in [0.1, 0.15) is 41.0 Å². The van der Waals surface area contributed by atoms with Gasteiger partial charge in [0.05, 0.1) is 18.0 Å². The van der Waals surface area contributed by atoms with Crippen LogP contribution in [0.25, 0.3) is 0 Å². The smallest absolute Gasteiger partial charge is 0.245 e. The minimum Gasteiger partial charge on any atom is -0.343 e. The van der Waals surface area contributed by atoms with Crippen molar-refractivity contribution in [2.75, 3.05) is 24.1 Å². The number of likely N-dealkylation sites (tertiary alicyclic amines) is 1. The van der Waals surface area contributed by atoms with Gasteiger partial charge in [0.15, 0.2) is 0 Å². The van der Waals surface area contributed by atoms with Crippen molar-refractivity contribution < 1.29 is 18.0 Å². The average molecular weight is 595 g/mol. The Morgan fingerprint density at radius 2 is 1.63 bits per heavy atom. The van der Waals surface area contributed by atoms with E-state index >= 15 is 0 Å². The number of carbonyl (C=O) groups is 2. The van der Waals surface area contributed by atoms with Gasteiger partial charge in [-0.15, -0.1) is 0 Å². The second kappa shape index (κ2) is 12.6. The number of nitrogens with one attached hydrogen (secondary N) is 3. The van der Waals surface area contributed by atoms with Gasteiger partial charge in [-0.25, -0.2) is 8.42 Å². The third-order valence-corrected chi connectivity index (χ3v) is 8.71. The molecule has 2 aliphatic heterocycles. The Bertz CT molecular complexity index is 1500. The lowest BCUT2D eigenvalue weighted by atomic mass is 9.88. The first-order valence-electron chi connectivity index (χ1n) is 13.9. The Morgan fingerprint density at radius 3 is 2.34 bits per heavy atom. The standard InChI is InChI=1S/C31H35ClN4O4S/c1-41(39,40)35-27-9-5-4-8-26(27)22-14-16-36(17-15-22)31(38)29(18-21-10-12-25(32)13-11-21)34-30(37)28-19-23-6-2-3-7-24(23)20-33-28/h2-13,22,28-29,33,35H,14-20H2,1H3,(H,34,37). The van der Waals surface area contributed by atoms with Gasteiger partial charge >= 0.3 is 0 Å². The molecule has 0 aromatic heterocycles. The van der Waals surface area contributed by atoms with Crippen LogP contribution in [0.2, 0.25) is 5.02 Å². The number of para-hydroxylation sites is 1. The van der Waals surface area contributed by atoms with Crippen LogP contribution >= 0.6 is 11.6 Å². The Hall–Kier alpha value is -3.40. The third kappa shape index (κ3) is 7.47. The summed E-state index contributed by atoms with van der Waals surface area (Å²) in [5.74, 6) is -0.201. The number of halogens is 1. The van der Waals surface area contributed by atoms with E-state index in [-0.39, 0.29) is 17.7 Å². The first-order valence-corrected chi connectivity index (χ1v) is 16.1. The normalized spacial score (nSPS) is 18.3. The topological polar surface area (TPSA) is 108 Å². The van der Waals surface area contributed by atoms with E-state index in [1.54, 1.807) is 24.3 Å². The minimum atomic E-state index is -3.41. The number of piperidine rings is 1. The maximum atomic E-state index is 13.9. The lowest BCUT2D eigenvalue weighted by Crippen LogP contribution is -2.56. The van der Waals surface area contributed by atoms with Gasteiger partial charge in [-0.1, -0.05) is 66.2 Å². The van der Waals surface area contributed by atoms with Crippen LogP contribution in [0.4, 0.5) is 5.69 Å². The van der Waals surface area contributed by atoms with Crippen LogP contribution in [-0.4, -0.2) is 56.6 Å². The SMILES string of the molecule is CS(=O)(=O)Nc1ccccc1C1CCN(C(=O)C(Cc2ccc(Cl)cc2)NC(=O)C2Cc3ccccc3CN2)CC1. The zero-order valence-electron chi connectivity index (χ0n) is 23.0. The molecule has 3 aromatic carbocycles. The summed E-state index contributed by atoms with van der Waals surface area (Å²) in [5.41, 5.74) is 4.74. The van der Waals surface area contributed by atoms with Crippen LogP contribution in [-0.2, 0) is 39.0 Å². The van der Waals surface area contributed by atoms with Crippen LogP contribution in [0, 0.1) is 0 Å². The zero-order chi connectivity index (χ0) is 29.0. The Morgan fingerprint density at radius 1 is 0.976 bits per heavy atom. The molecule has 0 aliphatic carbocycles. The largest absolute Gasteiger partial charge is 0.343 e. The van der Waals surface area contributed by atoms with Crippen molar-refractivity contribution in [2.45, 2.75) is 50.2 Å². The molecule has 0 saturated carbocycles. The Balaban J connectivity index is 1.28. The molecule has 2 aliphatic rings. The molecule has 216 valence electrons. The van der Waals surface area contributed by atoms with Crippen LogP contribution in [0.3, 0.4) is 0 Å². The van der Waals surface area contributed by atoms with Crippen LogP contribution in [0.15, 0.2) is 72.8 Å². The molecule has 1 saturated heterocycles. The van der Waals surface area contributed by atoms with Crippen molar-refractivity contribution in [2.24, 2.45) is 0 Å². The fourth-order valence-electron chi connectivity index (χ4n) is 5.75. The molecule has 8 nitrogen and oxygen atoms in total. The van der Waals surface area contributed by atoms with Gasteiger partial charge in [0, 0.05) is 31.1 Å². The van der Waals surface area contributed by atoms with E-state index in [1.807, 2.05) is 47.4 Å². The van der Waals surface area contributed by atoms with Gasteiger partial charge in [-0.3, -0.25) is 14.3 Å². The second-order valence-corrected chi connectivity index (χ2v) is 13.0. The van der Waals surface area contributed by atoms with Crippen molar-refractivity contribution in [1.82, 2.24) is 15.5 Å². The van der Waals surface area contributed by atoms with E-state index in [4.69, 9.17) is 11.6 Å². The van der Waals surface area contributed by atoms with Crippen molar-refractivity contribution in [3.63, 3.8) is 0 Å². The summed E-state index contributed by atoms with van der Waals surface area (Å²) in [4.78, 5) is 29.1. The number of anilines is 1. The van der Waals surface area contributed by atoms with Crippen LogP contribution in [0.5, 0.6) is 0 Å². The molecule has 2 atom stereocenters. The number of benzene rings is 3. The number of rotatable bonds is 8. The van der Waals surface area contributed by atoms with Gasteiger partial charge in [0.2, 0.25) is 21.8 Å². The quantitative estimate of drug-likeness (QED) is 0.367. The highest BCUT2D eigenvalue weighted by Crippen LogP contribution is 2.33. The molecule has 2 amide bonds. The first-order chi connectivity index (χ1) is 19.7. The van der Waals surface area contributed by atoms with Crippen molar-refractivity contribution in [3.8, 4) is 0 Å². The minimum absolute atomic E-state index is 0.111. The summed E-state index contributed by atoms with van der Waals surface area (Å²) in [6.45, 7) is 1.63. The molecule has 0 bridgehead atoms. The molecular weight excluding hydrogens is 560 g/mol. The predicted molar refractivity (Wildman–Crippen MR) is 161 cm³/mol. The molecule has 41 heavy (non-hydrogen) atoms. The number of hydrogen-bond acceptors (Lipinski definition) is 5. The Labute approximate surface area is 246 Å². The lowest BCUT2D eigenvalue weighted by molar-refractivity contribution is -0.137. The molecular formula is C31H35ClN4O4S. The van der Waals surface area contributed by atoms with Crippen LogP contribution < -0.4 is 15.4 Å². The molecule has 5 rings (SSSR count). The summed E-state index contributed by atoms with van der Waals surface area (Å²) in [6.07, 6.45) is 3.44. The Kier molecular flexibility index (Phi) is 8.97. The number of sulfonamides is 1. The summed E-state index contributed by atoms with van der Waals surface area (Å²) in [5, 5.41) is 6.98. The number of fused-ring (bicyclic) bond motifs is 1. The lowest BCUT2D eigenvalue weighted by Gasteiger charge is -2.35. The fourth-order valence-corrected chi connectivity index (χ4v) is 6.46. The maximum Gasteiger partial charge on any atom is 0.245 e. The fraction of sp³-hybridized carbons (Fsp3) is 0.355. The van der Waals surface area contributed by atoms with Crippen molar-refractivity contribution in [3.05, 3.63) is 100 Å². The van der Waals surface area contributed by atoms with E-state index in [1.165, 1.54) is 5.56 Å². The number of nitrogens with zero attached hydrogens (tertiary/aromatic N) is 1. The predicted octanol–water partition coefficient (Wildman–Crippen LogP) is 3.86. The maximum absolute atomic E-state index is 13.9. The second-order valence-electron chi connectivity index (χ2n) is 10.9. The number of hydrogen-bond donors (Lipinski definition) is 3. The average Bonchev–Trinajstić information content (AvgIpc) is 2.97. The molecule has 2 unspecified atom stereocenters. The van der Waals surface area contributed by atoms with Gasteiger partial charge in [-0.2, -0.15) is 0 Å². The molecule has 0 radical (unpaired) electrons. The molecule has 3 N–H and O–H groups in total. The first kappa shape index (κ1) is 29.1. The van der Waals surface area contributed by atoms with Crippen molar-refractivity contribution in [1.29, 1.82) is 0 Å². The monoisotopic (exact) mass is 594 g/mol. The molecule has 3 aromatic rings. The van der Waals surface area contributed by atoms with E-state index in [0.717, 1.165) is 22.9 Å². The summed E-state index contributed by atoms with van der Waals surface area (Å²) < 4.78 is 26.4. The van der Waals surface area contributed by atoms with Gasteiger partial charge in [0.25, 0.3) is 0 Å². The summed E-state index contributed by atoms with van der Waals surface area (Å²) >= 11 is 6.08. The van der Waals surface area contributed by atoms with E-state index in [0.29, 0.717) is 56.0 Å². The number of carbonyl (C=O) groups excluding carboxylic acids is 2.